The van der Waals surface area contributed by atoms with Crippen molar-refractivity contribution in [3.8, 4) is 0 Å². The van der Waals surface area contributed by atoms with Crippen LogP contribution in [-0.2, 0) is 0 Å². The maximum absolute atomic E-state index is 11.1. The second-order valence-electron chi connectivity index (χ2n) is 3.97. The van der Waals surface area contributed by atoms with Gasteiger partial charge in [0.2, 0.25) is 0 Å². The normalized spacial score (nSPS) is 17.4. The summed E-state index contributed by atoms with van der Waals surface area (Å²) in [5.74, 6) is -0.329. The Balaban J connectivity index is 2.23. The lowest BCUT2D eigenvalue weighted by atomic mass is 10.2. The topological polar surface area (TPSA) is 56.7 Å². The number of aromatic nitrogens is 1. The zero-order valence-electron chi connectivity index (χ0n) is 9.26. The van der Waals surface area contributed by atoms with Gasteiger partial charge in [-0.2, -0.15) is 0 Å². The molecule has 5 nitrogen and oxygen atoms in total. The van der Waals surface area contributed by atoms with Crippen molar-refractivity contribution in [2.45, 2.75) is 0 Å². The van der Waals surface area contributed by atoms with Gasteiger partial charge in [0.15, 0.2) is 0 Å². The molecular weight excluding hydrogens is 206 g/mol. The summed E-state index contributed by atoms with van der Waals surface area (Å²) in [6.07, 6.45) is 1.64. The first kappa shape index (κ1) is 10.9. The average Bonchev–Trinajstić information content (AvgIpc) is 2.30. The summed E-state index contributed by atoms with van der Waals surface area (Å²) in [6, 6.07) is 3.26. The first-order valence-corrected chi connectivity index (χ1v) is 5.30. The third-order valence-corrected chi connectivity index (χ3v) is 2.82. The summed E-state index contributed by atoms with van der Waals surface area (Å²) in [6.45, 7) is 3.53. The molecule has 16 heavy (non-hydrogen) atoms. The van der Waals surface area contributed by atoms with E-state index in [0.717, 1.165) is 26.2 Å². The quantitative estimate of drug-likeness (QED) is 0.789. The molecule has 1 aliphatic heterocycles. The van der Waals surface area contributed by atoms with E-state index in [1.54, 1.807) is 18.3 Å². The van der Waals surface area contributed by atoms with E-state index in [-0.39, 0.29) is 5.56 Å². The third-order valence-electron chi connectivity index (χ3n) is 2.82. The highest BCUT2D eigenvalue weighted by Crippen LogP contribution is 2.18. The van der Waals surface area contributed by atoms with Crippen LogP contribution in [0.5, 0.6) is 0 Å². The SMILES string of the molecule is CN1CCN(c2ncccc2C(=O)O)CC1. The van der Waals surface area contributed by atoms with E-state index in [2.05, 4.69) is 16.9 Å². The molecule has 1 fully saturated rings. The fraction of sp³-hybridized carbons (Fsp3) is 0.455. The summed E-state index contributed by atoms with van der Waals surface area (Å²) in [5.41, 5.74) is 0.284. The van der Waals surface area contributed by atoms with Crippen LogP contribution in [0.4, 0.5) is 5.82 Å². The van der Waals surface area contributed by atoms with Gasteiger partial charge < -0.3 is 14.9 Å². The largest absolute Gasteiger partial charge is 0.478 e. The summed E-state index contributed by atoms with van der Waals surface area (Å²) in [7, 11) is 2.06. The molecule has 2 heterocycles. The predicted octanol–water partition coefficient (Wildman–Crippen LogP) is 0.532. The number of piperazine rings is 1. The molecule has 5 heteroatoms. The lowest BCUT2D eigenvalue weighted by Crippen LogP contribution is -2.45. The van der Waals surface area contributed by atoms with Gasteiger partial charge in [0, 0.05) is 32.4 Å². The minimum Gasteiger partial charge on any atom is -0.478 e. The monoisotopic (exact) mass is 221 g/mol. The number of carbonyl (C=O) groups is 1. The number of nitrogens with zero attached hydrogens (tertiary/aromatic N) is 3. The Hall–Kier alpha value is -1.62. The van der Waals surface area contributed by atoms with Gasteiger partial charge in [0.1, 0.15) is 11.4 Å². The van der Waals surface area contributed by atoms with Crippen LogP contribution in [0, 0.1) is 0 Å². The van der Waals surface area contributed by atoms with Crippen molar-refractivity contribution in [2.75, 3.05) is 38.1 Å². The molecule has 86 valence electrons. The van der Waals surface area contributed by atoms with Gasteiger partial charge in [-0.15, -0.1) is 0 Å². The van der Waals surface area contributed by atoms with Gasteiger partial charge in [-0.05, 0) is 19.2 Å². The number of carboxylic acid groups (broad SMARTS) is 1. The number of anilines is 1. The average molecular weight is 221 g/mol. The molecule has 0 radical (unpaired) electrons. The van der Waals surface area contributed by atoms with Crippen LogP contribution in [0.1, 0.15) is 10.4 Å². The number of hydrogen-bond donors (Lipinski definition) is 1. The molecular formula is C11H15N3O2. The Bertz CT molecular complexity index is 387. The molecule has 1 aliphatic rings. The molecule has 0 aliphatic carbocycles. The zero-order chi connectivity index (χ0) is 11.5. The molecule has 0 aromatic carbocycles. The second-order valence-corrected chi connectivity index (χ2v) is 3.97. The van der Waals surface area contributed by atoms with Crippen molar-refractivity contribution in [3.63, 3.8) is 0 Å². The number of rotatable bonds is 2. The van der Waals surface area contributed by atoms with Crippen molar-refractivity contribution in [1.29, 1.82) is 0 Å². The van der Waals surface area contributed by atoms with Crippen LogP contribution in [0.3, 0.4) is 0 Å². The van der Waals surface area contributed by atoms with Gasteiger partial charge in [0.25, 0.3) is 0 Å². The van der Waals surface area contributed by atoms with Crippen LogP contribution in [-0.4, -0.2) is 54.2 Å². The summed E-state index contributed by atoms with van der Waals surface area (Å²) >= 11 is 0. The molecule has 2 rings (SSSR count). The van der Waals surface area contributed by atoms with Crippen LogP contribution in [0.2, 0.25) is 0 Å². The van der Waals surface area contributed by atoms with Gasteiger partial charge >= 0.3 is 5.97 Å². The summed E-state index contributed by atoms with van der Waals surface area (Å²) < 4.78 is 0. The lowest BCUT2D eigenvalue weighted by Gasteiger charge is -2.33. The summed E-state index contributed by atoms with van der Waals surface area (Å²) in [4.78, 5) is 19.5. The third kappa shape index (κ3) is 2.14. The Labute approximate surface area is 94.3 Å². The minimum absolute atomic E-state index is 0.284. The lowest BCUT2D eigenvalue weighted by molar-refractivity contribution is 0.0697. The number of aromatic carboxylic acids is 1. The van der Waals surface area contributed by atoms with E-state index in [9.17, 15) is 4.79 Å². The van der Waals surface area contributed by atoms with Gasteiger partial charge in [-0.1, -0.05) is 0 Å². The smallest absolute Gasteiger partial charge is 0.339 e. The maximum atomic E-state index is 11.1. The molecule has 1 aromatic heterocycles. The first-order chi connectivity index (χ1) is 7.68. The molecule has 0 amide bonds. The molecule has 0 spiro atoms. The predicted molar refractivity (Wildman–Crippen MR) is 60.9 cm³/mol. The van der Waals surface area contributed by atoms with Crippen molar-refractivity contribution < 1.29 is 9.90 Å². The fourth-order valence-electron chi connectivity index (χ4n) is 1.83. The fourth-order valence-corrected chi connectivity index (χ4v) is 1.83. The van der Waals surface area contributed by atoms with Crippen molar-refractivity contribution in [2.24, 2.45) is 0 Å². The van der Waals surface area contributed by atoms with E-state index in [0.29, 0.717) is 5.82 Å². The Morgan fingerprint density at radius 3 is 2.69 bits per heavy atom. The van der Waals surface area contributed by atoms with E-state index in [4.69, 9.17) is 5.11 Å². The number of carboxylic acids is 1. The minimum atomic E-state index is -0.915. The van der Waals surface area contributed by atoms with E-state index in [1.165, 1.54) is 0 Å². The van der Waals surface area contributed by atoms with E-state index in [1.807, 2.05) is 4.90 Å². The van der Waals surface area contributed by atoms with Crippen LogP contribution < -0.4 is 4.90 Å². The Kier molecular flexibility index (Phi) is 3.05. The van der Waals surface area contributed by atoms with Crippen LogP contribution in [0.15, 0.2) is 18.3 Å². The number of pyridine rings is 1. The highest BCUT2D eigenvalue weighted by Gasteiger charge is 2.20. The van der Waals surface area contributed by atoms with Crippen LogP contribution in [0.25, 0.3) is 0 Å². The van der Waals surface area contributed by atoms with Crippen molar-refractivity contribution in [3.05, 3.63) is 23.9 Å². The highest BCUT2D eigenvalue weighted by atomic mass is 16.4. The summed E-state index contributed by atoms with van der Waals surface area (Å²) in [5, 5.41) is 9.07. The second kappa shape index (κ2) is 4.49. The first-order valence-electron chi connectivity index (χ1n) is 5.30. The molecule has 1 saturated heterocycles. The molecule has 0 saturated carbocycles. The van der Waals surface area contributed by atoms with E-state index >= 15 is 0 Å². The molecule has 0 atom stereocenters. The van der Waals surface area contributed by atoms with E-state index < -0.39 is 5.97 Å². The van der Waals surface area contributed by atoms with Gasteiger partial charge in [0.05, 0.1) is 0 Å². The standard InChI is InChI=1S/C11H15N3O2/c1-13-5-7-14(8-6-13)10-9(11(15)16)3-2-4-12-10/h2-4H,5-8H2,1H3,(H,15,16). The molecule has 0 bridgehead atoms. The number of likely N-dealkylation sites (N-methyl/N-ethyl adjacent to an activating group) is 1. The van der Waals surface area contributed by atoms with Crippen molar-refractivity contribution >= 4 is 11.8 Å². The number of hydrogen-bond acceptors (Lipinski definition) is 4. The molecule has 1 N–H and O–H groups in total. The molecule has 1 aromatic rings. The zero-order valence-corrected chi connectivity index (χ0v) is 9.26. The maximum Gasteiger partial charge on any atom is 0.339 e. The van der Waals surface area contributed by atoms with Crippen LogP contribution >= 0.6 is 0 Å². The molecule has 0 unspecified atom stereocenters. The Morgan fingerprint density at radius 2 is 2.06 bits per heavy atom. The van der Waals surface area contributed by atoms with Gasteiger partial charge in [-0.25, -0.2) is 9.78 Å². The highest BCUT2D eigenvalue weighted by molar-refractivity contribution is 5.93. The van der Waals surface area contributed by atoms with Crippen molar-refractivity contribution in [1.82, 2.24) is 9.88 Å². The Morgan fingerprint density at radius 1 is 1.38 bits per heavy atom. The van der Waals surface area contributed by atoms with Gasteiger partial charge in [-0.3, -0.25) is 0 Å².